The lowest BCUT2D eigenvalue weighted by Crippen LogP contribution is -2.25. The number of carbonyl (C=O) groups excluding carboxylic acids is 1. The molecule has 0 bridgehead atoms. The maximum atomic E-state index is 12.2. The number of nitrogens with zero attached hydrogens (tertiary/aromatic N) is 1. The Labute approximate surface area is 128 Å². The number of rotatable bonds is 5. The summed E-state index contributed by atoms with van der Waals surface area (Å²) < 4.78 is 4.90. The third-order valence-electron chi connectivity index (χ3n) is 3.38. The molecule has 4 heteroatoms. The van der Waals surface area contributed by atoms with Crippen molar-refractivity contribution >= 4 is 5.91 Å². The number of carbonyl (C=O) groups is 1. The molecule has 2 aromatic carbocycles. The highest BCUT2D eigenvalue weighted by Crippen LogP contribution is 2.19. The quantitative estimate of drug-likeness (QED) is 0.785. The summed E-state index contributed by atoms with van der Waals surface area (Å²) >= 11 is 0. The first-order valence-corrected chi connectivity index (χ1v) is 7.14. The van der Waals surface area contributed by atoms with Gasteiger partial charge in [0.05, 0.1) is 5.69 Å². The monoisotopic (exact) mass is 292 g/mol. The maximum absolute atomic E-state index is 12.2. The van der Waals surface area contributed by atoms with Crippen molar-refractivity contribution < 1.29 is 9.21 Å². The van der Waals surface area contributed by atoms with Crippen LogP contribution in [0.1, 0.15) is 16.1 Å². The number of benzene rings is 2. The highest BCUT2D eigenvalue weighted by atomic mass is 16.3. The van der Waals surface area contributed by atoms with Gasteiger partial charge in [0.1, 0.15) is 6.26 Å². The predicted molar refractivity (Wildman–Crippen MR) is 84.4 cm³/mol. The smallest absolute Gasteiger partial charge is 0.251 e. The summed E-state index contributed by atoms with van der Waals surface area (Å²) in [5.41, 5.74) is 3.62. The van der Waals surface area contributed by atoms with E-state index in [1.807, 2.05) is 54.6 Å². The number of hydrogen-bond acceptors (Lipinski definition) is 3. The van der Waals surface area contributed by atoms with Crippen molar-refractivity contribution in [3.63, 3.8) is 0 Å². The van der Waals surface area contributed by atoms with E-state index in [-0.39, 0.29) is 5.91 Å². The summed E-state index contributed by atoms with van der Waals surface area (Å²) in [6.45, 7) is 0.529. The summed E-state index contributed by atoms with van der Waals surface area (Å²) in [5, 5.41) is 2.90. The Balaban J connectivity index is 1.65. The molecule has 110 valence electrons. The van der Waals surface area contributed by atoms with Crippen LogP contribution in [-0.4, -0.2) is 17.4 Å². The van der Waals surface area contributed by atoms with Gasteiger partial charge in [-0.1, -0.05) is 42.5 Å². The minimum atomic E-state index is -0.0822. The highest BCUT2D eigenvalue weighted by Gasteiger charge is 2.07. The summed E-state index contributed by atoms with van der Waals surface area (Å²) in [5.74, 6) is -0.0822. The summed E-state index contributed by atoms with van der Waals surface area (Å²) in [4.78, 5) is 16.2. The van der Waals surface area contributed by atoms with Gasteiger partial charge in [-0.05, 0) is 23.3 Å². The summed E-state index contributed by atoms with van der Waals surface area (Å²) in [6.07, 6.45) is 3.63. The zero-order valence-electron chi connectivity index (χ0n) is 12.0. The van der Waals surface area contributed by atoms with Gasteiger partial charge in [-0.15, -0.1) is 0 Å². The molecule has 0 saturated carbocycles. The van der Waals surface area contributed by atoms with Crippen molar-refractivity contribution in [1.29, 1.82) is 0 Å². The average Bonchev–Trinajstić information content (AvgIpc) is 3.09. The third kappa shape index (κ3) is 3.41. The highest BCUT2D eigenvalue weighted by molar-refractivity contribution is 5.95. The van der Waals surface area contributed by atoms with Crippen LogP contribution in [0, 0.1) is 0 Å². The van der Waals surface area contributed by atoms with Gasteiger partial charge in [0.25, 0.3) is 5.91 Å². The number of hydrogen-bond donors (Lipinski definition) is 1. The van der Waals surface area contributed by atoms with Crippen LogP contribution >= 0.6 is 0 Å². The molecule has 0 fully saturated rings. The van der Waals surface area contributed by atoms with Gasteiger partial charge < -0.3 is 9.73 Å². The largest absolute Gasteiger partial charge is 0.451 e. The van der Waals surface area contributed by atoms with Crippen molar-refractivity contribution in [2.24, 2.45) is 0 Å². The Kier molecular flexibility index (Phi) is 4.30. The van der Waals surface area contributed by atoms with Gasteiger partial charge >= 0.3 is 0 Å². The molecule has 0 aliphatic heterocycles. The molecule has 3 rings (SSSR count). The van der Waals surface area contributed by atoms with Crippen molar-refractivity contribution in [3.8, 4) is 11.1 Å². The van der Waals surface area contributed by atoms with E-state index in [1.165, 1.54) is 6.39 Å². The van der Waals surface area contributed by atoms with Gasteiger partial charge in [-0.25, -0.2) is 4.98 Å². The zero-order valence-corrected chi connectivity index (χ0v) is 12.0. The Morgan fingerprint density at radius 3 is 2.64 bits per heavy atom. The molecule has 1 aromatic heterocycles. The van der Waals surface area contributed by atoms with Crippen LogP contribution in [0.25, 0.3) is 11.1 Å². The van der Waals surface area contributed by atoms with Gasteiger partial charge in [0.15, 0.2) is 6.39 Å². The molecular weight excluding hydrogens is 276 g/mol. The number of aromatic nitrogens is 1. The first-order valence-electron chi connectivity index (χ1n) is 7.14. The van der Waals surface area contributed by atoms with Crippen LogP contribution in [0.5, 0.6) is 0 Å². The molecule has 22 heavy (non-hydrogen) atoms. The Morgan fingerprint density at radius 1 is 1.05 bits per heavy atom. The minimum Gasteiger partial charge on any atom is -0.451 e. The molecule has 0 aliphatic carbocycles. The summed E-state index contributed by atoms with van der Waals surface area (Å²) in [6, 6.07) is 17.6. The molecule has 1 N–H and O–H groups in total. The van der Waals surface area contributed by atoms with Crippen LogP contribution in [0.3, 0.4) is 0 Å². The van der Waals surface area contributed by atoms with Gasteiger partial charge in [0.2, 0.25) is 0 Å². The van der Waals surface area contributed by atoms with Crippen LogP contribution in [-0.2, 0) is 6.42 Å². The molecular formula is C18H16N2O2. The summed E-state index contributed by atoms with van der Waals surface area (Å²) in [7, 11) is 0. The topological polar surface area (TPSA) is 55.1 Å². The fraction of sp³-hybridized carbons (Fsp3) is 0.111. The lowest BCUT2D eigenvalue weighted by Gasteiger charge is -2.06. The molecule has 0 unspecified atom stereocenters. The van der Waals surface area contributed by atoms with Crippen molar-refractivity contribution in [3.05, 3.63) is 78.5 Å². The maximum Gasteiger partial charge on any atom is 0.251 e. The normalized spacial score (nSPS) is 10.4. The van der Waals surface area contributed by atoms with Crippen LogP contribution in [0.4, 0.5) is 0 Å². The van der Waals surface area contributed by atoms with Crippen LogP contribution in [0.2, 0.25) is 0 Å². The Bertz CT molecular complexity index is 737. The molecule has 1 amide bonds. The van der Waals surface area contributed by atoms with Gasteiger partial charge in [-0.3, -0.25) is 4.79 Å². The van der Waals surface area contributed by atoms with E-state index in [2.05, 4.69) is 10.3 Å². The van der Waals surface area contributed by atoms with Gasteiger partial charge in [-0.2, -0.15) is 0 Å². The zero-order chi connectivity index (χ0) is 15.2. The predicted octanol–water partition coefficient (Wildman–Crippen LogP) is 3.31. The SMILES string of the molecule is O=C(NCCc1cocn1)c1cccc(-c2ccccc2)c1. The van der Waals surface area contributed by atoms with E-state index in [0.717, 1.165) is 16.8 Å². The molecule has 0 radical (unpaired) electrons. The molecule has 3 aromatic rings. The van der Waals surface area contributed by atoms with E-state index < -0.39 is 0 Å². The molecule has 1 heterocycles. The third-order valence-corrected chi connectivity index (χ3v) is 3.38. The minimum absolute atomic E-state index is 0.0822. The number of nitrogens with one attached hydrogen (secondary N) is 1. The second-order valence-electron chi connectivity index (χ2n) is 4.93. The molecule has 0 aliphatic rings. The van der Waals surface area contributed by atoms with Crippen LogP contribution < -0.4 is 5.32 Å². The number of amides is 1. The Hall–Kier alpha value is -2.88. The fourth-order valence-electron chi connectivity index (χ4n) is 2.24. The van der Waals surface area contributed by atoms with E-state index in [0.29, 0.717) is 18.5 Å². The molecule has 4 nitrogen and oxygen atoms in total. The first-order chi connectivity index (χ1) is 10.8. The second-order valence-corrected chi connectivity index (χ2v) is 4.93. The Morgan fingerprint density at radius 2 is 1.86 bits per heavy atom. The van der Waals surface area contributed by atoms with Crippen molar-refractivity contribution in [2.75, 3.05) is 6.54 Å². The number of oxazole rings is 1. The van der Waals surface area contributed by atoms with Crippen LogP contribution in [0.15, 0.2) is 71.7 Å². The van der Waals surface area contributed by atoms with E-state index in [9.17, 15) is 4.79 Å². The first kappa shape index (κ1) is 14.1. The van der Waals surface area contributed by atoms with Gasteiger partial charge in [0, 0.05) is 18.5 Å². The van der Waals surface area contributed by atoms with E-state index in [4.69, 9.17) is 4.42 Å². The second kappa shape index (κ2) is 6.72. The van der Waals surface area contributed by atoms with E-state index >= 15 is 0 Å². The standard InChI is InChI=1S/C18H16N2O2/c21-18(19-10-9-17-12-22-13-20-17)16-8-4-7-15(11-16)14-5-2-1-3-6-14/h1-8,11-13H,9-10H2,(H,19,21). The molecule has 0 atom stereocenters. The van der Waals surface area contributed by atoms with Crippen molar-refractivity contribution in [2.45, 2.75) is 6.42 Å². The average molecular weight is 292 g/mol. The molecule has 0 spiro atoms. The molecule has 0 saturated heterocycles. The lowest BCUT2D eigenvalue weighted by molar-refractivity contribution is 0.0954. The lowest BCUT2D eigenvalue weighted by atomic mass is 10.0. The van der Waals surface area contributed by atoms with Crippen molar-refractivity contribution in [1.82, 2.24) is 10.3 Å². The van der Waals surface area contributed by atoms with E-state index in [1.54, 1.807) is 6.26 Å². The fourth-order valence-corrected chi connectivity index (χ4v) is 2.24.